The van der Waals surface area contributed by atoms with Gasteiger partial charge >= 0.3 is 18.0 Å². The molecule has 2 N–H and O–H groups in total. The molecule has 0 radical (unpaired) electrons. The number of esters is 2. The van der Waals surface area contributed by atoms with E-state index in [-0.39, 0.29) is 13.2 Å². The first-order valence-corrected chi connectivity index (χ1v) is 13.5. The number of amides is 2. The molecular formula is C23H36N2O7S2. The summed E-state index contributed by atoms with van der Waals surface area (Å²) in [6.07, 6.45) is 1.16. The highest BCUT2D eigenvalue weighted by Crippen LogP contribution is 2.47. The fourth-order valence-electron chi connectivity index (χ4n) is 4.11. The zero-order valence-electron chi connectivity index (χ0n) is 20.8. The van der Waals surface area contributed by atoms with Crippen molar-refractivity contribution < 1.29 is 33.4 Å². The van der Waals surface area contributed by atoms with Gasteiger partial charge in [0.05, 0.1) is 13.2 Å². The highest BCUT2D eigenvalue weighted by Gasteiger charge is 2.60. The van der Waals surface area contributed by atoms with Gasteiger partial charge in [-0.25, -0.2) is 14.4 Å². The van der Waals surface area contributed by atoms with E-state index in [1.54, 1.807) is 58.1 Å². The van der Waals surface area contributed by atoms with Gasteiger partial charge in [-0.05, 0) is 71.0 Å². The van der Waals surface area contributed by atoms with Crippen LogP contribution in [-0.2, 0) is 28.6 Å². The number of carbonyl (C=O) groups excluding carboxylic acids is 4. The second-order valence-electron chi connectivity index (χ2n) is 9.14. The van der Waals surface area contributed by atoms with Crippen LogP contribution in [0.2, 0.25) is 0 Å². The van der Waals surface area contributed by atoms with Gasteiger partial charge in [0.1, 0.15) is 5.60 Å². The van der Waals surface area contributed by atoms with Crippen molar-refractivity contribution in [2.24, 2.45) is 5.92 Å². The Morgan fingerprint density at radius 2 is 1.53 bits per heavy atom. The molecule has 9 nitrogen and oxygen atoms in total. The van der Waals surface area contributed by atoms with Gasteiger partial charge in [0.25, 0.3) is 0 Å². The summed E-state index contributed by atoms with van der Waals surface area (Å²) in [5, 5.41) is 5.41. The second-order valence-corrected chi connectivity index (χ2v) is 11.6. The van der Waals surface area contributed by atoms with Crippen molar-refractivity contribution >= 4 is 47.5 Å². The molecule has 34 heavy (non-hydrogen) atoms. The lowest BCUT2D eigenvalue weighted by Gasteiger charge is -2.37. The van der Waals surface area contributed by atoms with Crippen molar-refractivity contribution in [3.05, 3.63) is 9.81 Å². The zero-order valence-corrected chi connectivity index (χ0v) is 22.4. The number of thioether (sulfide) groups is 2. The number of carbonyl (C=O) groups is 4. The molecule has 1 aliphatic carbocycles. The summed E-state index contributed by atoms with van der Waals surface area (Å²) in [7, 11) is 0. The molecule has 2 atom stereocenters. The second kappa shape index (κ2) is 12.2. The minimum atomic E-state index is -2.11. The molecule has 192 valence electrons. The molecule has 0 bridgehead atoms. The number of nitrogens with one attached hydrogen (secondary N) is 2. The average Bonchev–Trinajstić information content (AvgIpc) is 3.15. The Morgan fingerprint density at radius 3 is 2.00 bits per heavy atom. The van der Waals surface area contributed by atoms with Crippen LogP contribution >= 0.6 is 23.5 Å². The third-order valence-corrected chi connectivity index (χ3v) is 8.08. The first-order chi connectivity index (χ1) is 15.9. The van der Waals surface area contributed by atoms with Gasteiger partial charge in [-0.3, -0.25) is 4.79 Å². The fraction of sp³-hybridized carbons (Fsp3) is 0.739. The molecule has 0 aromatic heterocycles. The summed E-state index contributed by atoms with van der Waals surface area (Å²) in [6, 6.07) is -0.666. The molecule has 1 saturated heterocycles. The standard InChI is InChI=1S/C23H36N2O7S2/c1-7-30-19(27)23(25-14(3)26,20(28)31-8-2)16-12-15(18-33-10-9-11-34-18)13-17(16)24-21(29)32-22(4,5)6/h16-17H,7-13H2,1-6H3,(H,24,29)(H,25,26)/t16-,17-/m1/s1. The minimum absolute atomic E-state index is 0.0100. The van der Waals surface area contributed by atoms with Gasteiger partial charge in [0.2, 0.25) is 11.4 Å². The van der Waals surface area contributed by atoms with Crippen LogP contribution in [0.3, 0.4) is 0 Å². The third-order valence-electron chi connectivity index (χ3n) is 5.29. The Labute approximate surface area is 209 Å². The van der Waals surface area contributed by atoms with Crippen LogP contribution in [0.4, 0.5) is 4.79 Å². The maximum Gasteiger partial charge on any atom is 0.407 e. The van der Waals surface area contributed by atoms with E-state index in [1.165, 1.54) is 6.92 Å². The van der Waals surface area contributed by atoms with Gasteiger partial charge in [0.15, 0.2) is 0 Å². The summed E-state index contributed by atoms with van der Waals surface area (Å²) in [6.45, 7) is 9.74. The van der Waals surface area contributed by atoms with E-state index in [4.69, 9.17) is 14.2 Å². The highest BCUT2D eigenvalue weighted by molar-refractivity contribution is 8.22. The number of ether oxygens (including phenoxy) is 3. The van der Waals surface area contributed by atoms with Gasteiger partial charge in [-0.2, -0.15) is 0 Å². The van der Waals surface area contributed by atoms with Crippen LogP contribution < -0.4 is 10.6 Å². The molecule has 1 heterocycles. The Kier molecular flexibility index (Phi) is 10.2. The molecule has 1 aliphatic heterocycles. The molecule has 11 heteroatoms. The van der Waals surface area contributed by atoms with Crippen molar-refractivity contribution in [1.82, 2.24) is 10.6 Å². The van der Waals surface area contributed by atoms with Crippen LogP contribution in [0.15, 0.2) is 9.81 Å². The third kappa shape index (κ3) is 7.07. The predicted molar refractivity (Wildman–Crippen MR) is 132 cm³/mol. The highest BCUT2D eigenvalue weighted by atomic mass is 32.2. The first kappa shape index (κ1) is 28.4. The average molecular weight is 517 g/mol. The van der Waals surface area contributed by atoms with E-state index in [2.05, 4.69) is 10.6 Å². The molecule has 2 amide bonds. The van der Waals surface area contributed by atoms with Crippen molar-refractivity contribution in [2.45, 2.75) is 78.0 Å². The van der Waals surface area contributed by atoms with Crippen LogP contribution in [0, 0.1) is 5.92 Å². The van der Waals surface area contributed by atoms with E-state index in [1.807, 2.05) is 0 Å². The SMILES string of the molecule is CCOC(=O)C(NC(C)=O)(C(=O)OCC)[C@@H]1CC(=C2SCCCS2)C[C@H]1NC(=O)OC(C)(C)C. The molecule has 2 aliphatic rings. The number of alkyl carbamates (subject to hydrolysis) is 1. The lowest BCUT2D eigenvalue weighted by molar-refractivity contribution is -0.172. The van der Waals surface area contributed by atoms with Crippen LogP contribution in [-0.4, -0.2) is 65.8 Å². The van der Waals surface area contributed by atoms with Gasteiger partial charge < -0.3 is 24.8 Å². The smallest absolute Gasteiger partial charge is 0.407 e. The number of hydrogen-bond acceptors (Lipinski definition) is 9. The zero-order chi connectivity index (χ0) is 25.5. The fourth-order valence-corrected chi connectivity index (χ4v) is 6.82. The molecule has 0 aromatic rings. The van der Waals surface area contributed by atoms with Crippen LogP contribution in [0.25, 0.3) is 0 Å². The Morgan fingerprint density at radius 1 is 0.971 bits per heavy atom. The van der Waals surface area contributed by atoms with Crippen molar-refractivity contribution in [2.75, 3.05) is 24.7 Å². The first-order valence-electron chi connectivity index (χ1n) is 11.5. The van der Waals surface area contributed by atoms with Gasteiger partial charge in [-0.15, -0.1) is 23.5 Å². The van der Waals surface area contributed by atoms with Gasteiger partial charge in [-0.1, -0.05) is 0 Å². The van der Waals surface area contributed by atoms with E-state index in [0.29, 0.717) is 12.8 Å². The van der Waals surface area contributed by atoms with E-state index in [0.717, 1.165) is 27.7 Å². The van der Waals surface area contributed by atoms with Crippen LogP contribution in [0.1, 0.15) is 60.8 Å². The summed E-state index contributed by atoms with van der Waals surface area (Å²) < 4.78 is 17.1. The van der Waals surface area contributed by atoms with Crippen LogP contribution in [0.5, 0.6) is 0 Å². The molecule has 2 rings (SSSR count). The largest absolute Gasteiger partial charge is 0.464 e. The van der Waals surface area contributed by atoms with Crippen molar-refractivity contribution in [1.29, 1.82) is 0 Å². The normalized spacial score (nSPS) is 21.0. The molecule has 1 saturated carbocycles. The quantitative estimate of drug-likeness (QED) is 0.298. The Hall–Kier alpha value is -1.88. The molecule has 0 aromatic carbocycles. The monoisotopic (exact) mass is 516 g/mol. The maximum absolute atomic E-state index is 13.3. The van der Waals surface area contributed by atoms with E-state index < -0.39 is 47.0 Å². The summed E-state index contributed by atoms with van der Waals surface area (Å²) in [4.78, 5) is 51.7. The number of hydrogen-bond donors (Lipinski definition) is 2. The summed E-state index contributed by atoms with van der Waals surface area (Å²) in [5.41, 5.74) is -1.81. The summed E-state index contributed by atoms with van der Waals surface area (Å²) >= 11 is 3.47. The van der Waals surface area contributed by atoms with E-state index in [9.17, 15) is 19.2 Å². The number of rotatable bonds is 7. The molecular weight excluding hydrogens is 480 g/mol. The minimum Gasteiger partial charge on any atom is -0.464 e. The molecule has 0 spiro atoms. The summed E-state index contributed by atoms with van der Waals surface area (Å²) in [5.74, 6) is -1.26. The Bertz CT molecular complexity index is 797. The Balaban J connectivity index is 2.57. The lowest BCUT2D eigenvalue weighted by Crippen LogP contribution is -2.68. The van der Waals surface area contributed by atoms with E-state index >= 15 is 0 Å². The predicted octanol–water partition coefficient (Wildman–Crippen LogP) is 3.37. The van der Waals surface area contributed by atoms with Crippen molar-refractivity contribution in [3.63, 3.8) is 0 Å². The lowest BCUT2D eigenvalue weighted by atomic mass is 9.79. The van der Waals surface area contributed by atoms with Gasteiger partial charge in [0, 0.05) is 23.1 Å². The van der Waals surface area contributed by atoms with Crippen molar-refractivity contribution in [3.8, 4) is 0 Å². The molecule has 2 fully saturated rings. The molecule has 0 unspecified atom stereocenters. The topological polar surface area (TPSA) is 120 Å². The maximum atomic E-state index is 13.3.